The predicted molar refractivity (Wildman–Crippen MR) is 105 cm³/mol. The van der Waals surface area contributed by atoms with Gasteiger partial charge in [0.25, 0.3) is 5.88 Å². The summed E-state index contributed by atoms with van der Waals surface area (Å²) in [5, 5.41) is 17.0. The molecule has 0 aliphatic carbocycles. The summed E-state index contributed by atoms with van der Waals surface area (Å²) in [6.45, 7) is 2.22. The minimum absolute atomic E-state index is 0.0499. The number of benzene rings is 1. The average molecular weight is 396 g/mol. The molecule has 0 unspecified atom stereocenters. The van der Waals surface area contributed by atoms with Crippen molar-refractivity contribution in [3.63, 3.8) is 0 Å². The van der Waals surface area contributed by atoms with Crippen LogP contribution in [0, 0.1) is 11.3 Å². The van der Waals surface area contributed by atoms with Gasteiger partial charge in [0.05, 0.1) is 25.1 Å². The van der Waals surface area contributed by atoms with E-state index >= 15 is 0 Å². The molecule has 150 valence electrons. The van der Waals surface area contributed by atoms with Crippen LogP contribution in [0.5, 0.6) is 11.6 Å². The van der Waals surface area contributed by atoms with Gasteiger partial charge >= 0.3 is 6.03 Å². The molecule has 2 bridgehead atoms. The molecule has 3 rings (SSSR count). The summed E-state index contributed by atoms with van der Waals surface area (Å²) < 4.78 is 11.3. The van der Waals surface area contributed by atoms with Crippen molar-refractivity contribution in [2.45, 2.75) is 26.2 Å². The lowest BCUT2D eigenvalue weighted by molar-refractivity contribution is -0.114. The van der Waals surface area contributed by atoms with Gasteiger partial charge in [0.1, 0.15) is 11.8 Å². The SMILES string of the molecule is CC(=O)Nc1ccc2c(c1)NC(=O)Nc1cnc(C#N)c(n1)OCCCCCO2. The van der Waals surface area contributed by atoms with Crippen LogP contribution < -0.4 is 25.4 Å². The van der Waals surface area contributed by atoms with Gasteiger partial charge in [-0.3, -0.25) is 10.1 Å². The summed E-state index contributed by atoms with van der Waals surface area (Å²) >= 11 is 0. The van der Waals surface area contributed by atoms with E-state index in [9.17, 15) is 9.59 Å². The Morgan fingerprint density at radius 2 is 2.00 bits per heavy atom. The first kappa shape index (κ1) is 19.9. The molecule has 29 heavy (non-hydrogen) atoms. The number of carbonyl (C=O) groups excluding carboxylic acids is 2. The second kappa shape index (κ2) is 9.36. The second-order valence-electron chi connectivity index (χ2n) is 6.25. The third-order valence-electron chi connectivity index (χ3n) is 3.92. The zero-order valence-corrected chi connectivity index (χ0v) is 15.8. The van der Waals surface area contributed by atoms with Crippen molar-refractivity contribution in [3.8, 4) is 17.7 Å². The lowest BCUT2D eigenvalue weighted by Crippen LogP contribution is -2.21. The molecular weight excluding hydrogens is 376 g/mol. The largest absolute Gasteiger partial charge is 0.491 e. The predicted octanol–water partition coefficient (Wildman–Crippen LogP) is 2.89. The van der Waals surface area contributed by atoms with Gasteiger partial charge < -0.3 is 20.1 Å². The Labute approximate surface area is 167 Å². The van der Waals surface area contributed by atoms with Crippen molar-refractivity contribution < 1.29 is 19.1 Å². The van der Waals surface area contributed by atoms with E-state index in [1.807, 2.05) is 6.07 Å². The Balaban J connectivity index is 1.87. The number of nitrogens with zero attached hydrogens (tertiary/aromatic N) is 3. The molecule has 10 nitrogen and oxygen atoms in total. The number of rotatable bonds is 1. The molecule has 0 atom stereocenters. The Morgan fingerprint density at radius 3 is 2.76 bits per heavy atom. The molecule has 3 amide bonds. The Morgan fingerprint density at radius 1 is 1.21 bits per heavy atom. The van der Waals surface area contributed by atoms with Crippen LogP contribution in [0.15, 0.2) is 24.4 Å². The van der Waals surface area contributed by atoms with Gasteiger partial charge in [-0.25, -0.2) is 9.78 Å². The highest BCUT2D eigenvalue weighted by Crippen LogP contribution is 2.29. The zero-order valence-electron chi connectivity index (χ0n) is 15.8. The fourth-order valence-electron chi connectivity index (χ4n) is 2.65. The van der Waals surface area contributed by atoms with E-state index in [1.165, 1.54) is 13.1 Å². The maximum Gasteiger partial charge on any atom is 0.325 e. The van der Waals surface area contributed by atoms with E-state index in [2.05, 4.69) is 25.9 Å². The number of ether oxygens (including phenoxy) is 2. The minimum Gasteiger partial charge on any atom is -0.491 e. The van der Waals surface area contributed by atoms with Crippen LogP contribution in [0.25, 0.3) is 0 Å². The van der Waals surface area contributed by atoms with Crippen LogP contribution in [0.2, 0.25) is 0 Å². The number of carbonyl (C=O) groups is 2. The van der Waals surface area contributed by atoms with Crippen LogP contribution in [0.3, 0.4) is 0 Å². The lowest BCUT2D eigenvalue weighted by Gasteiger charge is -2.14. The molecule has 1 aliphatic rings. The first-order valence-electron chi connectivity index (χ1n) is 9.07. The second-order valence-corrected chi connectivity index (χ2v) is 6.25. The van der Waals surface area contributed by atoms with Crippen LogP contribution in [-0.4, -0.2) is 35.1 Å². The Hall–Kier alpha value is -3.87. The summed E-state index contributed by atoms with van der Waals surface area (Å²) in [4.78, 5) is 31.9. The van der Waals surface area contributed by atoms with E-state index in [-0.39, 0.29) is 23.3 Å². The highest BCUT2D eigenvalue weighted by Gasteiger charge is 2.14. The van der Waals surface area contributed by atoms with E-state index in [1.54, 1.807) is 18.2 Å². The maximum atomic E-state index is 12.4. The molecule has 3 N–H and O–H groups in total. The molecule has 2 heterocycles. The van der Waals surface area contributed by atoms with Gasteiger partial charge in [-0.05, 0) is 37.5 Å². The number of hydrogen-bond acceptors (Lipinski definition) is 7. The summed E-state index contributed by atoms with van der Waals surface area (Å²) in [5.41, 5.74) is 0.961. The maximum absolute atomic E-state index is 12.4. The summed E-state index contributed by atoms with van der Waals surface area (Å²) in [6.07, 6.45) is 3.64. The first-order valence-corrected chi connectivity index (χ1v) is 9.07. The highest BCUT2D eigenvalue weighted by atomic mass is 16.5. The number of anilines is 3. The number of hydrogen-bond donors (Lipinski definition) is 3. The fraction of sp³-hybridized carbons (Fsp3) is 0.316. The van der Waals surface area contributed by atoms with Gasteiger partial charge in [0.15, 0.2) is 5.82 Å². The zero-order chi connectivity index (χ0) is 20.6. The van der Waals surface area contributed by atoms with Crippen molar-refractivity contribution in [2.24, 2.45) is 0 Å². The molecule has 0 fully saturated rings. The molecule has 0 saturated heterocycles. The summed E-state index contributed by atoms with van der Waals surface area (Å²) in [7, 11) is 0. The number of nitrogens with one attached hydrogen (secondary N) is 3. The molecular formula is C19H20N6O4. The van der Waals surface area contributed by atoms with Crippen molar-refractivity contribution in [1.29, 1.82) is 5.26 Å². The third-order valence-corrected chi connectivity index (χ3v) is 3.92. The van der Waals surface area contributed by atoms with Crippen molar-refractivity contribution in [3.05, 3.63) is 30.1 Å². The monoisotopic (exact) mass is 396 g/mol. The smallest absolute Gasteiger partial charge is 0.325 e. The molecule has 1 aliphatic heterocycles. The van der Waals surface area contributed by atoms with E-state index in [4.69, 9.17) is 14.7 Å². The molecule has 10 heteroatoms. The highest BCUT2D eigenvalue weighted by molar-refractivity contribution is 6.01. The average Bonchev–Trinajstić information content (AvgIpc) is 2.68. The molecule has 2 aromatic rings. The summed E-state index contributed by atoms with van der Waals surface area (Å²) in [6, 6.07) is 6.31. The number of fused-ring (bicyclic) bond motifs is 3. The van der Waals surface area contributed by atoms with E-state index in [0.29, 0.717) is 30.3 Å². The summed E-state index contributed by atoms with van der Waals surface area (Å²) in [5.74, 6) is 0.455. The van der Waals surface area contributed by atoms with Gasteiger partial charge in [-0.1, -0.05) is 0 Å². The minimum atomic E-state index is -0.588. The lowest BCUT2D eigenvalue weighted by atomic mass is 10.2. The number of amides is 3. The van der Waals surface area contributed by atoms with Crippen molar-refractivity contribution in [1.82, 2.24) is 9.97 Å². The number of urea groups is 1. The van der Waals surface area contributed by atoms with Gasteiger partial charge in [-0.2, -0.15) is 10.2 Å². The normalized spacial score (nSPS) is 14.3. The van der Waals surface area contributed by atoms with E-state index < -0.39 is 6.03 Å². The molecule has 0 radical (unpaired) electrons. The Kier molecular flexibility index (Phi) is 6.42. The van der Waals surface area contributed by atoms with Gasteiger partial charge in [-0.15, -0.1) is 0 Å². The van der Waals surface area contributed by atoms with Crippen LogP contribution in [0.1, 0.15) is 31.9 Å². The Bertz CT molecular complexity index is 956. The quantitative estimate of drug-likeness (QED) is 0.673. The van der Waals surface area contributed by atoms with Crippen molar-refractivity contribution >= 4 is 29.1 Å². The standard InChI is InChI=1S/C19H20N6O4/c1-12(26)22-13-5-6-16-14(9-13)23-19(27)25-17-11-21-15(10-20)18(24-17)29-8-4-2-3-7-28-16/h5-6,9,11H,2-4,7-8H2,1H3,(H,22,26)(H2,23,24,25,27). The number of aromatic nitrogens is 2. The fourth-order valence-corrected chi connectivity index (χ4v) is 2.65. The van der Waals surface area contributed by atoms with E-state index in [0.717, 1.165) is 19.3 Å². The van der Waals surface area contributed by atoms with Crippen LogP contribution in [0.4, 0.5) is 22.0 Å². The third kappa shape index (κ3) is 5.55. The molecule has 0 spiro atoms. The molecule has 0 saturated carbocycles. The van der Waals surface area contributed by atoms with Crippen LogP contribution in [-0.2, 0) is 4.79 Å². The number of nitriles is 1. The molecule has 1 aromatic heterocycles. The van der Waals surface area contributed by atoms with Crippen molar-refractivity contribution in [2.75, 3.05) is 29.2 Å². The topological polar surface area (TPSA) is 138 Å². The first-order chi connectivity index (χ1) is 14.0. The van der Waals surface area contributed by atoms with Crippen LogP contribution >= 0.6 is 0 Å². The van der Waals surface area contributed by atoms with Gasteiger partial charge in [0, 0.05) is 12.6 Å². The van der Waals surface area contributed by atoms with Gasteiger partial charge in [0.2, 0.25) is 11.6 Å². The molecule has 1 aromatic carbocycles.